The minimum atomic E-state index is -0.175. The minimum absolute atomic E-state index is 0.175. The monoisotopic (exact) mass is 325 g/mol. The van der Waals surface area contributed by atoms with Crippen LogP contribution in [-0.2, 0) is 4.79 Å². The molecule has 2 rings (SSSR count). The maximum atomic E-state index is 12.1. The van der Waals surface area contributed by atoms with Gasteiger partial charge in [0.2, 0.25) is 5.91 Å². The molecular formula is C20H23NO3. The van der Waals surface area contributed by atoms with E-state index in [0.717, 1.165) is 16.8 Å². The fourth-order valence-electron chi connectivity index (χ4n) is 2.24. The Hall–Kier alpha value is -2.75. The molecule has 0 saturated heterocycles. The van der Waals surface area contributed by atoms with E-state index in [-0.39, 0.29) is 5.91 Å². The first-order valence-corrected chi connectivity index (χ1v) is 7.90. The lowest BCUT2D eigenvalue weighted by molar-refractivity contribution is -0.111. The van der Waals surface area contributed by atoms with Gasteiger partial charge in [0.1, 0.15) is 0 Å². The zero-order valence-electron chi connectivity index (χ0n) is 14.6. The Bertz CT molecular complexity index is 751. The average molecular weight is 325 g/mol. The highest BCUT2D eigenvalue weighted by molar-refractivity contribution is 6.02. The summed E-state index contributed by atoms with van der Waals surface area (Å²) in [5.74, 6) is 1.16. The van der Waals surface area contributed by atoms with Gasteiger partial charge in [-0.25, -0.2) is 0 Å². The molecule has 0 aliphatic carbocycles. The van der Waals surface area contributed by atoms with Gasteiger partial charge in [-0.15, -0.1) is 0 Å². The van der Waals surface area contributed by atoms with E-state index >= 15 is 0 Å². The average Bonchev–Trinajstić information content (AvgIpc) is 2.57. The molecule has 1 N–H and O–H groups in total. The highest BCUT2D eigenvalue weighted by Crippen LogP contribution is 2.28. The second-order valence-electron chi connectivity index (χ2n) is 5.46. The van der Waals surface area contributed by atoms with Crippen LogP contribution in [0.3, 0.4) is 0 Å². The summed E-state index contributed by atoms with van der Waals surface area (Å²) in [7, 11) is 1.60. The number of benzene rings is 2. The Morgan fingerprint density at radius 1 is 1.08 bits per heavy atom. The molecule has 0 aliphatic rings. The van der Waals surface area contributed by atoms with Crippen LogP contribution >= 0.6 is 0 Å². The van der Waals surface area contributed by atoms with Gasteiger partial charge in [0, 0.05) is 11.8 Å². The molecule has 126 valence electrons. The fourth-order valence-corrected chi connectivity index (χ4v) is 2.24. The van der Waals surface area contributed by atoms with E-state index in [0.29, 0.717) is 18.1 Å². The summed E-state index contributed by atoms with van der Waals surface area (Å²) in [5.41, 5.74) is 4.00. The first-order valence-electron chi connectivity index (χ1n) is 7.90. The topological polar surface area (TPSA) is 47.6 Å². The van der Waals surface area contributed by atoms with Crippen molar-refractivity contribution in [1.29, 1.82) is 0 Å². The van der Waals surface area contributed by atoms with E-state index in [2.05, 4.69) is 5.32 Å². The van der Waals surface area contributed by atoms with Crippen molar-refractivity contribution in [2.24, 2.45) is 0 Å². The predicted molar refractivity (Wildman–Crippen MR) is 97.7 cm³/mol. The third kappa shape index (κ3) is 4.62. The van der Waals surface area contributed by atoms with Crippen LogP contribution in [0.2, 0.25) is 0 Å². The molecule has 0 saturated carbocycles. The number of carbonyl (C=O) groups excluding carboxylic acids is 1. The van der Waals surface area contributed by atoms with Gasteiger partial charge in [-0.2, -0.15) is 0 Å². The molecule has 2 aromatic carbocycles. The summed E-state index contributed by atoms with van der Waals surface area (Å²) in [6.45, 7) is 6.56. The van der Waals surface area contributed by atoms with Crippen molar-refractivity contribution in [3.05, 3.63) is 59.2 Å². The van der Waals surface area contributed by atoms with Gasteiger partial charge in [-0.05, 0) is 67.8 Å². The van der Waals surface area contributed by atoms with Crippen molar-refractivity contribution < 1.29 is 14.3 Å². The van der Waals surface area contributed by atoms with E-state index in [4.69, 9.17) is 9.47 Å². The number of hydrogen-bond donors (Lipinski definition) is 1. The Morgan fingerprint density at radius 2 is 1.88 bits per heavy atom. The summed E-state index contributed by atoms with van der Waals surface area (Å²) in [6.07, 6.45) is 3.25. The first-order chi connectivity index (χ1) is 11.5. The van der Waals surface area contributed by atoms with Crippen LogP contribution in [0.5, 0.6) is 11.5 Å². The van der Waals surface area contributed by atoms with Crippen LogP contribution in [0.1, 0.15) is 23.6 Å². The molecule has 0 unspecified atom stereocenters. The predicted octanol–water partition coefficient (Wildman–Crippen LogP) is 4.36. The smallest absolute Gasteiger partial charge is 0.248 e. The number of methoxy groups -OCH3 is 1. The van der Waals surface area contributed by atoms with E-state index in [1.165, 1.54) is 11.6 Å². The zero-order chi connectivity index (χ0) is 17.5. The molecule has 4 nitrogen and oxygen atoms in total. The highest BCUT2D eigenvalue weighted by Gasteiger charge is 2.04. The maximum absolute atomic E-state index is 12.1. The van der Waals surface area contributed by atoms with E-state index in [9.17, 15) is 4.79 Å². The number of amides is 1. The zero-order valence-corrected chi connectivity index (χ0v) is 14.6. The van der Waals surface area contributed by atoms with Crippen molar-refractivity contribution in [1.82, 2.24) is 0 Å². The Kier molecular flexibility index (Phi) is 6.01. The first kappa shape index (κ1) is 17.6. The van der Waals surface area contributed by atoms with Crippen molar-refractivity contribution in [2.75, 3.05) is 19.0 Å². The largest absolute Gasteiger partial charge is 0.493 e. The lowest BCUT2D eigenvalue weighted by Gasteiger charge is -2.09. The van der Waals surface area contributed by atoms with Gasteiger partial charge in [-0.3, -0.25) is 4.79 Å². The van der Waals surface area contributed by atoms with Crippen LogP contribution in [0, 0.1) is 13.8 Å². The number of anilines is 1. The lowest BCUT2D eigenvalue weighted by Crippen LogP contribution is -2.07. The van der Waals surface area contributed by atoms with E-state index in [1.807, 2.05) is 57.2 Å². The molecule has 4 heteroatoms. The van der Waals surface area contributed by atoms with Crippen LogP contribution in [-0.4, -0.2) is 19.6 Å². The molecule has 2 aromatic rings. The molecule has 0 fully saturated rings. The normalized spacial score (nSPS) is 10.7. The summed E-state index contributed by atoms with van der Waals surface area (Å²) in [6, 6.07) is 11.4. The van der Waals surface area contributed by atoms with Crippen LogP contribution < -0.4 is 14.8 Å². The molecule has 24 heavy (non-hydrogen) atoms. The summed E-state index contributed by atoms with van der Waals surface area (Å²) >= 11 is 0. The SMILES string of the molecule is CCOc1ccc(C=CC(=O)Nc2ccc(C)c(C)c2)cc1OC. The molecule has 1 amide bonds. The summed E-state index contributed by atoms with van der Waals surface area (Å²) in [4.78, 5) is 12.1. The quantitative estimate of drug-likeness (QED) is 0.803. The number of nitrogens with one attached hydrogen (secondary N) is 1. The Balaban J connectivity index is 2.06. The fraction of sp³-hybridized carbons (Fsp3) is 0.250. The molecule has 0 atom stereocenters. The van der Waals surface area contributed by atoms with Crippen LogP contribution in [0.4, 0.5) is 5.69 Å². The third-order valence-corrected chi connectivity index (χ3v) is 3.69. The van der Waals surface area contributed by atoms with Gasteiger partial charge in [-0.1, -0.05) is 12.1 Å². The van der Waals surface area contributed by atoms with E-state index in [1.54, 1.807) is 13.2 Å². The van der Waals surface area contributed by atoms with Gasteiger partial charge < -0.3 is 14.8 Å². The molecule has 0 bridgehead atoms. The summed E-state index contributed by atoms with van der Waals surface area (Å²) in [5, 5.41) is 2.86. The number of rotatable bonds is 6. The lowest BCUT2D eigenvalue weighted by atomic mass is 10.1. The number of carbonyl (C=O) groups is 1. The molecule has 0 aromatic heterocycles. The molecule has 0 radical (unpaired) electrons. The van der Waals surface area contributed by atoms with Gasteiger partial charge in [0.15, 0.2) is 11.5 Å². The maximum Gasteiger partial charge on any atom is 0.248 e. The van der Waals surface area contributed by atoms with Crippen LogP contribution in [0.25, 0.3) is 6.08 Å². The van der Waals surface area contributed by atoms with Gasteiger partial charge in [0.05, 0.1) is 13.7 Å². The molecule has 0 heterocycles. The Labute approximate surface area is 143 Å². The third-order valence-electron chi connectivity index (χ3n) is 3.69. The summed E-state index contributed by atoms with van der Waals surface area (Å²) < 4.78 is 10.8. The molecule has 0 aliphatic heterocycles. The van der Waals surface area contributed by atoms with Crippen molar-refractivity contribution >= 4 is 17.7 Å². The molecule has 0 spiro atoms. The second kappa shape index (κ2) is 8.20. The van der Waals surface area contributed by atoms with Gasteiger partial charge >= 0.3 is 0 Å². The number of hydrogen-bond acceptors (Lipinski definition) is 3. The van der Waals surface area contributed by atoms with Crippen molar-refractivity contribution in [3.8, 4) is 11.5 Å². The number of aryl methyl sites for hydroxylation is 2. The van der Waals surface area contributed by atoms with E-state index < -0.39 is 0 Å². The van der Waals surface area contributed by atoms with Crippen molar-refractivity contribution in [3.63, 3.8) is 0 Å². The van der Waals surface area contributed by atoms with Crippen LogP contribution in [0.15, 0.2) is 42.5 Å². The second-order valence-corrected chi connectivity index (χ2v) is 5.46. The number of ether oxygens (including phenoxy) is 2. The van der Waals surface area contributed by atoms with Crippen molar-refractivity contribution in [2.45, 2.75) is 20.8 Å². The standard InChI is InChI=1S/C20H23NO3/c1-5-24-18-10-7-16(13-19(18)23-4)8-11-20(22)21-17-9-6-14(2)15(3)12-17/h6-13H,5H2,1-4H3,(H,21,22). The minimum Gasteiger partial charge on any atom is -0.493 e. The highest BCUT2D eigenvalue weighted by atomic mass is 16.5. The molecular weight excluding hydrogens is 302 g/mol. The Morgan fingerprint density at radius 3 is 2.54 bits per heavy atom. The van der Waals surface area contributed by atoms with Gasteiger partial charge in [0.25, 0.3) is 0 Å².